The topological polar surface area (TPSA) is 68.4 Å². The van der Waals surface area contributed by atoms with E-state index in [1.165, 1.54) is 0 Å². The van der Waals surface area contributed by atoms with E-state index in [1.807, 2.05) is 6.08 Å². The predicted molar refractivity (Wildman–Crippen MR) is 60.8 cm³/mol. The van der Waals surface area contributed by atoms with Gasteiger partial charge in [0.15, 0.2) is 5.78 Å². The van der Waals surface area contributed by atoms with E-state index in [1.54, 1.807) is 6.08 Å². The van der Waals surface area contributed by atoms with Gasteiger partial charge in [0.1, 0.15) is 18.3 Å². The third-order valence-corrected chi connectivity index (χ3v) is 3.09. The molecule has 3 rings (SSSR count). The third kappa shape index (κ3) is 2.86. The fourth-order valence-electron chi connectivity index (χ4n) is 1.87. The van der Waals surface area contributed by atoms with Crippen LogP contribution in [-0.4, -0.2) is 43.8 Å². The minimum absolute atomic E-state index is 0.0198. The monoisotopic (exact) mass is 250 g/mol. The van der Waals surface area contributed by atoms with Crippen molar-refractivity contribution in [2.75, 3.05) is 19.8 Å². The van der Waals surface area contributed by atoms with Crippen molar-refractivity contribution in [2.24, 2.45) is 0 Å². The zero-order chi connectivity index (χ0) is 12.5. The van der Waals surface area contributed by atoms with E-state index in [9.17, 15) is 9.59 Å². The van der Waals surface area contributed by atoms with Gasteiger partial charge in [0, 0.05) is 6.42 Å². The van der Waals surface area contributed by atoms with Crippen LogP contribution >= 0.6 is 0 Å². The molecule has 0 spiro atoms. The molecule has 0 aromatic heterocycles. The van der Waals surface area contributed by atoms with Crippen molar-refractivity contribution in [1.29, 1.82) is 0 Å². The summed E-state index contributed by atoms with van der Waals surface area (Å²) in [6.07, 6.45) is 4.73. The van der Waals surface area contributed by atoms with Crippen LogP contribution in [0.25, 0.3) is 0 Å². The Labute approximate surface area is 104 Å². The van der Waals surface area contributed by atoms with Crippen LogP contribution in [0.1, 0.15) is 12.8 Å². The number of carbonyl (C=O) groups excluding carboxylic acids is 2. The van der Waals surface area contributed by atoms with Gasteiger partial charge in [-0.1, -0.05) is 11.6 Å². The highest BCUT2D eigenvalue weighted by Gasteiger charge is 2.30. The molecule has 2 heterocycles. The van der Waals surface area contributed by atoms with Crippen molar-refractivity contribution in [1.82, 2.24) is 0 Å². The molecule has 5 nitrogen and oxygen atoms in total. The SMILES string of the molecule is O=C1CC(CC2CO2)=CC=C1C(=O)OCC1CO1. The Morgan fingerprint density at radius 1 is 1.28 bits per heavy atom. The van der Waals surface area contributed by atoms with E-state index in [0.717, 1.165) is 18.6 Å². The first-order valence-electron chi connectivity index (χ1n) is 6.05. The van der Waals surface area contributed by atoms with Gasteiger partial charge < -0.3 is 14.2 Å². The number of epoxide rings is 2. The van der Waals surface area contributed by atoms with Crippen molar-refractivity contribution in [3.8, 4) is 0 Å². The zero-order valence-electron chi connectivity index (χ0n) is 9.89. The van der Waals surface area contributed by atoms with Crippen molar-refractivity contribution < 1.29 is 23.8 Å². The van der Waals surface area contributed by atoms with Crippen LogP contribution in [0.15, 0.2) is 23.3 Å². The first kappa shape index (κ1) is 11.6. The maximum Gasteiger partial charge on any atom is 0.341 e. The average Bonchev–Trinajstić information content (AvgIpc) is 3.21. The van der Waals surface area contributed by atoms with Crippen LogP contribution in [0, 0.1) is 0 Å². The highest BCUT2D eigenvalue weighted by atomic mass is 16.6. The molecule has 2 unspecified atom stereocenters. The number of esters is 1. The molecule has 2 saturated heterocycles. The van der Waals surface area contributed by atoms with Gasteiger partial charge in [-0.15, -0.1) is 0 Å². The first-order valence-corrected chi connectivity index (χ1v) is 6.05. The molecule has 96 valence electrons. The second kappa shape index (κ2) is 4.66. The minimum atomic E-state index is -0.548. The summed E-state index contributed by atoms with van der Waals surface area (Å²) in [6, 6.07) is 0. The molecule has 3 aliphatic rings. The second-order valence-corrected chi connectivity index (χ2v) is 4.72. The van der Waals surface area contributed by atoms with Crippen molar-refractivity contribution in [3.05, 3.63) is 23.3 Å². The van der Waals surface area contributed by atoms with E-state index < -0.39 is 5.97 Å². The maximum absolute atomic E-state index is 11.8. The predicted octanol–water partition coefficient (Wildman–Crippen LogP) is 0.543. The van der Waals surface area contributed by atoms with Crippen molar-refractivity contribution in [2.45, 2.75) is 25.0 Å². The third-order valence-electron chi connectivity index (χ3n) is 3.09. The average molecular weight is 250 g/mol. The molecular weight excluding hydrogens is 236 g/mol. The summed E-state index contributed by atoms with van der Waals surface area (Å²) in [5.41, 5.74) is 1.15. The first-order chi connectivity index (χ1) is 8.72. The summed E-state index contributed by atoms with van der Waals surface area (Å²) in [5.74, 6) is -0.719. The fraction of sp³-hybridized carbons (Fsp3) is 0.538. The summed E-state index contributed by atoms with van der Waals surface area (Å²) >= 11 is 0. The summed E-state index contributed by atoms with van der Waals surface area (Å²) < 4.78 is 15.0. The molecule has 1 aliphatic carbocycles. The molecule has 0 bridgehead atoms. The highest BCUT2D eigenvalue weighted by Crippen LogP contribution is 2.25. The van der Waals surface area contributed by atoms with Crippen LogP contribution in [-0.2, 0) is 23.8 Å². The van der Waals surface area contributed by atoms with Crippen LogP contribution < -0.4 is 0 Å². The molecule has 0 amide bonds. The lowest BCUT2D eigenvalue weighted by Crippen LogP contribution is -2.20. The molecule has 2 atom stereocenters. The van der Waals surface area contributed by atoms with E-state index in [0.29, 0.717) is 13.0 Å². The lowest BCUT2D eigenvalue weighted by Gasteiger charge is -2.12. The molecule has 2 aliphatic heterocycles. The smallest absolute Gasteiger partial charge is 0.341 e. The molecule has 0 radical (unpaired) electrons. The molecule has 2 fully saturated rings. The van der Waals surface area contributed by atoms with E-state index in [2.05, 4.69) is 0 Å². The van der Waals surface area contributed by atoms with Gasteiger partial charge in [0.2, 0.25) is 0 Å². The Morgan fingerprint density at radius 3 is 2.61 bits per heavy atom. The summed E-state index contributed by atoms with van der Waals surface area (Å²) in [4.78, 5) is 23.5. The Bertz CT molecular complexity index is 440. The normalized spacial score (nSPS) is 29.4. The standard InChI is InChI=1S/C13H14O5/c14-12-4-8(3-9-5-16-9)1-2-11(12)13(15)18-7-10-6-17-10/h1-2,9-10H,3-7H2. The van der Waals surface area contributed by atoms with Crippen LogP contribution in [0.3, 0.4) is 0 Å². The van der Waals surface area contributed by atoms with E-state index in [4.69, 9.17) is 14.2 Å². The van der Waals surface area contributed by atoms with Gasteiger partial charge in [-0.25, -0.2) is 4.79 Å². The quantitative estimate of drug-likeness (QED) is 0.405. The molecule has 0 N–H and O–H groups in total. The zero-order valence-corrected chi connectivity index (χ0v) is 9.89. The van der Waals surface area contributed by atoms with Gasteiger partial charge >= 0.3 is 5.97 Å². The Hall–Kier alpha value is -1.46. The van der Waals surface area contributed by atoms with E-state index >= 15 is 0 Å². The number of rotatable bonds is 5. The Balaban J connectivity index is 1.59. The van der Waals surface area contributed by atoms with Gasteiger partial charge in [-0.05, 0) is 12.5 Å². The molecule has 5 heteroatoms. The van der Waals surface area contributed by atoms with Gasteiger partial charge in [-0.2, -0.15) is 0 Å². The fourth-order valence-corrected chi connectivity index (χ4v) is 1.87. The van der Waals surface area contributed by atoms with Crippen molar-refractivity contribution >= 4 is 11.8 Å². The Morgan fingerprint density at radius 2 is 2.00 bits per heavy atom. The second-order valence-electron chi connectivity index (χ2n) is 4.72. The van der Waals surface area contributed by atoms with Crippen LogP contribution in [0.4, 0.5) is 0 Å². The van der Waals surface area contributed by atoms with Gasteiger partial charge in [0.05, 0.1) is 19.3 Å². The number of hydrogen-bond acceptors (Lipinski definition) is 5. The van der Waals surface area contributed by atoms with Crippen molar-refractivity contribution in [3.63, 3.8) is 0 Å². The number of Topliss-reactive ketones (excluding diaryl/α,β-unsaturated/α-hetero) is 1. The summed E-state index contributed by atoms with van der Waals surface area (Å²) in [7, 11) is 0. The lowest BCUT2D eigenvalue weighted by molar-refractivity contribution is -0.140. The largest absolute Gasteiger partial charge is 0.459 e. The lowest BCUT2D eigenvalue weighted by atomic mass is 9.94. The highest BCUT2D eigenvalue weighted by molar-refractivity contribution is 6.18. The van der Waals surface area contributed by atoms with Gasteiger partial charge in [-0.3, -0.25) is 4.79 Å². The van der Waals surface area contributed by atoms with Crippen LogP contribution in [0.2, 0.25) is 0 Å². The molecule has 18 heavy (non-hydrogen) atoms. The number of ether oxygens (including phenoxy) is 3. The molecule has 0 aromatic rings. The molecule has 0 aromatic carbocycles. The van der Waals surface area contributed by atoms with E-state index in [-0.39, 0.29) is 30.2 Å². The molecule has 0 saturated carbocycles. The molecular formula is C13H14O5. The Kier molecular flexibility index (Phi) is 3.01. The summed E-state index contributed by atoms with van der Waals surface area (Å²) in [5, 5.41) is 0. The van der Waals surface area contributed by atoms with Crippen LogP contribution in [0.5, 0.6) is 0 Å². The minimum Gasteiger partial charge on any atom is -0.459 e. The number of ketones is 1. The number of carbonyl (C=O) groups is 2. The number of hydrogen-bond donors (Lipinski definition) is 0. The number of allylic oxidation sites excluding steroid dienone is 2. The maximum atomic E-state index is 11.8. The van der Waals surface area contributed by atoms with Gasteiger partial charge in [0.25, 0.3) is 0 Å². The summed E-state index contributed by atoms with van der Waals surface area (Å²) in [6.45, 7) is 1.63.